The first-order valence-corrected chi connectivity index (χ1v) is 8.10. The average molecular weight is 299 g/mol. The van der Waals surface area contributed by atoms with Crippen molar-refractivity contribution < 1.29 is 18.3 Å². The number of carboxylic acid groups (broad SMARTS) is 1. The molecule has 0 saturated heterocycles. The summed E-state index contributed by atoms with van der Waals surface area (Å²) in [6, 6.07) is 3.81. The van der Waals surface area contributed by atoms with E-state index in [9.17, 15) is 13.2 Å². The molecule has 1 aromatic carbocycles. The standard InChI is InChI=1S/C14H21NO4S/c1-5-20(18,19)15(7-6-13(16)17)14-11(3)8-10(2)9-12(14)4/h8-9H,5-7H2,1-4H3,(H,16,17). The van der Waals surface area contributed by atoms with Crippen molar-refractivity contribution in [3.05, 3.63) is 28.8 Å². The van der Waals surface area contributed by atoms with E-state index in [0.717, 1.165) is 16.7 Å². The maximum Gasteiger partial charge on any atom is 0.305 e. The molecule has 0 amide bonds. The molecule has 1 N–H and O–H groups in total. The van der Waals surface area contributed by atoms with Crippen LogP contribution >= 0.6 is 0 Å². The van der Waals surface area contributed by atoms with Crippen LogP contribution in [0.2, 0.25) is 0 Å². The fourth-order valence-electron chi connectivity index (χ4n) is 2.31. The van der Waals surface area contributed by atoms with Crippen molar-refractivity contribution in [3.63, 3.8) is 0 Å². The van der Waals surface area contributed by atoms with Gasteiger partial charge in [0.2, 0.25) is 10.0 Å². The molecular weight excluding hydrogens is 278 g/mol. The molecular formula is C14H21NO4S. The van der Waals surface area contributed by atoms with E-state index >= 15 is 0 Å². The van der Waals surface area contributed by atoms with Crippen LogP contribution in [0.4, 0.5) is 5.69 Å². The predicted octanol–water partition coefficient (Wildman–Crippen LogP) is 2.24. The molecule has 0 bridgehead atoms. The molecule has 0 atom stereocenters. The van der Waals surface area contributed by atoms with Crippen molar-refractivity contribution in [1.29, 1.82) is 0 Å². The van der Waals surface area contributed by atoms with E-state index in [1.165, 1.54) is 4.31 Å². The Morgan fingerprint density at radius 1 is 1.20 bits per heavy atom. The molecule has 1 aromatic rings. The normalized spacial score (nSPS) is 11.4. The van der Waals surface area contributed by atoms with Gasteiger partial charge in [0.05, 0.1) is 17.9 Å². The maximum atomic E-state index is 12.2. The zero-order valence-electron chi connectivity index (χ0n) is 12.3. The number of benzene rings is 1. The highest BCUT2D eigenvalue weighted by molar-refractivity contribution is 7.92. The second kappa shape index (κ2) is 6.26. The first-order chi connectivity index (χ1) is 9.19. The third kappa shape index (κ3) is 3.72. The molecule has 0 aliphatic heterocycles. The van der Waals surface area contributed by atoms with Gasteiger partial charge in [0.15, 0.2) is 0 Å². The third-order valence-corrected chi connectivity index (χ3v) is 4.88. The van der Waals surface area contributed by atoms with E-state index in [2.05, 4.69) is 0 Å². The number of sulfonamides is 1. The van der Waals surface area contributed by atoms with E-state index in [0.29, 0.717) is 5.69 Å². The van der Waals surface area contributed by atoms with Gasteiger partial charge in [0.25, 0.3) is 0 Å². The largest absolute Gasteiger partial charge is 0.481 e. The van der Waals surface area contributed by atoms with Gasteiger partial charge in [-0.1, -0.05) is 17.7 Å². The van der Waals surface area contributed by atoms with Crippen LogP contribution in [0.5, 0.6) is 0 Å². The van der Waals surface area contributed by atoms with Crippen LogP contribution in [0.15, 0.2) is 12.1 Å². The van der Waals surface area contributed by atoms with E-state index in [-0.39, 0.29) is 18.7 Å². The summed E-state index contributed by atoms with van der Waals surface area (Å²) in [7, 11) is -3.50. The Labute approximate surface area is 120 Å². The Morgan fingerprint density at radius 2 is 1.70 bits per heavy atom. The van der Waals surface area contributed by atoms with Gasteiger partial charge in [0, 0.05) is 6.54 Å². The van der Waals surface area contributed by atoms with Gasteiger partial charge in [-0.15, -0.1) is 0 Å². The Balaban J connectivity index is 3.34. The number of hydrogen-bond donors (Lipinski definition) is 1. The maximum absolute atomic E-state index is 12.2. The molecule has 0 fully saturated rings. The van der Waals surface area contributed by atoms with E-state index in [4.69, 9.17) is 5.11 Å². The molecule has 6 heteroatoms. The summed E-state index contributed by atoms with van der Waals surface area (Å²) in [5.41, 5.74) is 3.32. The number of carbonyl (C=O) groups is 1. The summed E-state index contributed by atoms with van der Waals surface area (Å²) in [6.45, 7) is 7.14. The van der Waals surface area contributed by atoms with Crippen molar-refractivity contribution in [1.82, 2.24) is 0 Å². The van der Waals surface area contributed by atoms with Crippen molar-refractivity contribution >= 4 is 21.7 Å². The molecule has 0 radical (unpaired) electrons. The molecule has 0 aliphatic carbocycles. The summed E-state index contributed by atoms with van der Waals surface area (Å²) < 4.78 is 25.7. The lowest BCUT2D eigenvalue weighted by atomic mass is 10.1. The summed E-state index contributed by atoms with van der Waals surface area (Å²) in [4.78, 5) is 10.8. The fourth-order valence-corrected chi connectivity index (χ4v) is 3.56. The van der Waals surface area contributed by atoms with Gasteiger partial charge in [-0.2, -0.15) is 0 Å². The van der Waals surface area contributed by atoms with Crippen LogP contribution in [0, 0.1) is 20.8 Å². The van der Waals surface area contributed by atoms with Crippen LogP contribution in [-0.2, 0) is 14.8 Å². The number of rotatable bonds is 6. The van der Waals surface area contributed by atoms with Crippen LogP contribution in [0.3, 0.4) is 0 Å². The third-order valence-electron chi connectivity index (χ3n) is 3.11. The molecule has 20 heavy (non-hydrogen) atoms. The summed E-state index contributed by atoms with van der Waals surface area (Å²) in [5.74, 6) is -1.07. The topological polar surface area (TPSA) is 74.7 Å². The number of nitrogens with zero attached hydrogens (tertiary/aromatic N) is 1. The fraction of sp³-hybridized carbons (Fsp3) is 0.500. The zero-order chi connectivity index (χ0) is 15.5. The minimum Gasteiger partial charge on any atom is -0.481 e. The van der Waals surface area contributed by atoms with Crippen LogP contribution < -0.4 is 4.31 Å². The molecule has 0 spiro atoms. The van der Waals surface area contributed by atoms with E-state index in [1.807, 2.05) is 32.9 Å². The monoisotopic (exact) mass is 299 g/mol. The van der Waals surface area contributed by atoms with Gasteiger partial charge in [-0.25, -0.2) is 8.42 Å². The Kier molecular flexibility index (Phi) is 5.16. The van der Waals surface area contributed by atoms with Crippen molar-refractivity contribution in [3.8, 4) is 0 Å². The van der Waals surface area contributed by atoms with Crippen LogP contribution in [0.25, 0.3) is 0 Å². The quantitative estimate of drug-likeness (QED) is 0.874. The Morgan fingerprint density at radius 3 is 2.10 bits per heavy atom. The molecule has 112 valence electrons. The van der Waals surface area contributed by atoms with Crippen LogP contribution in [-0.4, -0.2) is 31.8 Å². The lowest BCUT2D eigenvalue weighted by molar-refractivity contribution is -0.136. The zero-order valence-corrected chi connectivity index (χ0v) is 13.1. The number of hydrogen-bond acceptors (Lipinski definition) is 3. The summed E-state index contributed by atoms with van der Waals surface area (Å²) >= 11 is 0. The summed E-state index contributed by atoms with van der Waals surface area (Å²) in [6.07, 6.45) is -0.216. The van der Waals surface area contributed by atoms with Gasteiger partial charge < -0.3 is 5.11 Å². The minimum absolute atomic E-state index is 0.0454. The minimum atomic E-state index is -3.50. The second-order valence-electron chi connectivity index (χ2n) is 4.86. The lowest BCUT2D eigenvalue weighted by Gasteiger charge is -2.27. The molecule has 0 unspecified atom stereocenters. The van der Waals surface area contributed by atoms with Gasteiger partial charge in [0.1, 0.15) is 0 Å². The molecule has 0 heterocycles. The highest BCUT2D eigenvalue weighted by Gasteiger charge is 2.24. The molecule has 0 saturated carbocycles. The number of carboxylic acids is 1. The lowest BCUT2D eigenvalue weighted by Crippen LogP contribution is -2.35. The molecule has 0 aliphatic rings. The van der Waals surface area contributed by atoms with E-state index in [1.54, 1.807) is 6.92 Å². The molecule has 1 rings (SSSR count). The first-order valence-electron chi connectivity index (χ1n) is 6.49. The Bertz CT molecular complexity index is 585. The van der Waals surface area contributed by atoms with Crippen molar-refractivity contribution in [2.24, 2.45) is 0 Å². The molecule has 5 nitrogen and oxygen atoms in total. The van der Waals surface area contributed by atoms with Crippen molar-refractivity contribution in [2.45, 2.75) is 34.1 Å². The highest BCUT2D eigenvalue weighted by Crippen LogP contribution is 2.28. The number of anilines is 1. The van der Waals surface area contributed by atoms with E-state index < -0.39 is 16.0 Å². The van der Waals surface area contributed by atoms with Crippen LogP contribution in [0.1, 0.15) is 30.0 Å². The van der Waals surface area contributed by atoms with Crippen molar-refractivity contribution in [2.75, 3.05) is 16.6 Å². The average Bonchev–Trinajstić information content (AvgIpc) is 2.31. The number of aryl methyl sites for hydroxylation is 3. The van der Waals surface area contributed by atoms with Gasteiger partial charge in [-0.3, -0.25) is 9.10 Å². The summed E-state index contributed by atoms with van der Waals surface area (Å²) in [5, 5.41) is 8.81. The first kappa shape index (κ1) is 16.5. The highest BCUT2D eigenvalue weighted by atomic mass is 32.2. The predicted molar refractivity (Wildman–Crippen MR) is 79.7 cm³/mol. The van der Waals surface area contributed by atoms with Gasteiger partial charge in [-0.05, 0) is 38.8 Å². The Hall–Kier alpha value is -1.56. The smallest absolute Gasteiger partial charge is 0.305 e. The van der Waals surface area contributed by atoms with Gasteiger partial charge >= 0.3 is 5.97 Å². The second-order valence-corrected chi connectivity index (χ2v) is 7.05. The molecule has 0 aromatic heterocycles. The number of aliphatic carboxylic acids is 1. The SMILES string of the molecule is CCS(=O)(=O)N(CCC(=O)O)c1c(C)cc(C)cc1C.